The lowest BCUT2D eigenvalue weighted by Gasteiger charge is -2.19. The molecule has 0 aliphatic heterocycles. The number of hydrogen-bond acceptors (Lipinski definition) is 4. The van der Waals surface area contributed by atoms with E-state index in [1.807, 2.05) is 48.5 Å². The van der Waals surface area contributed by atoms with E-state index < -0.39 is 0 Å². The minimum atomic E-state index is -0.310. The van der Waals surface area contributed by atoms with Gasteiger partial charge < -0.3 is 10.2 Å². The van der Waals surface area contributed by atoms with Crippen LogP contribution in [-0.4, -0.2) is 45.8 Å². The lowest BCUT2D eigenvalue weighted by Crippen LogP contribution is -2.29. The summed E-state index contributed by atoms with van der Waals surface area (Å²) in [5.41, 5.74) is 2.44. The molecule has 0 spiro atoms. The maximum atomic E-state index is 12.8. The largest absolute Gasteiger partial charge is 0.347 e. The molecule has 29 heavy (non-hydrogen) atoms. The maximum Gasteiger partial charge on any atom is 0.273 e. The number of likely N-dealkylation sites (N-methyl/N-ethyl adjacent to an activating group) is 1. The highest BCUT2D eigenvalue weighted by atomic mass is 16.2. The minimum Gasteiger partial charge on any atom is -0.347 e. The first kappa shape index (κ1) is 20.3. The molecule has 2 amide bonds. The summed E-state index contributed by atoms with van der Waals surface area (Å²) in [7, 11) is 3.34. The molecule has 1 atom stereocenters. The molecule has 0 aliphatic rings. The number of amides is 2. The number of rotatable bonds is 8. The summed E-state index contributed by atoms with van der Waals surface area (Å²) in [5.74, 6) is -0.428. The molecule has 0 fully saturated rings. The van der Waals surface area contributed by atoms with Crippen LogP contribution in [0.3, 0.4) is 0 Å². The Bertz CT molecular complexity index is 938. The van der Waals surface area contributed by atoms with Crippen LogP contribution in [0.2, 0.25) is 0 Å². The summed E-state index contributed by atoms with van der Waals surface area (Å²) >= 11 is 0. The Labute approximate surface area is 170 Å². The first-order valence-electron chi connectivity index (χ1n) is 9.53. The second-order valence-electron chi connectivity index (χ2n) is 7.05. The van der Waals surface area contributed by atoms with E-state index >= 15 is 0 Å². The number of nitrogens with one attached hydrogen (secondary N) is 1. The molecule has 3 aromatic rings. The molecule has 0 radical (unpaired) electrons. The third-order valence-electron chi connectivity index (χ3n) is 4.64. The number of nitrogens with zero attached hydrogens (tertiary/aromatic N) is 4. The van der Waals surface area contributed by atoms with Crippen molar-refractivity contribution >= 4 is 11.8 Å². The van der Waals surface area contributed by atoms with E-state index in [-0.39, 0.29) is 30.1 Å². The van der Waals surface area contributed by atoms with Crippen LogP contribution in [0.25, 0.3) is 0 Å². The van der Waals surface area contributed by atoms with Gasteiger partial charge in [-0.3, -0.25) is 9.59 Å². The van der Waals surface area contributed by atoms with Gasteiger partial charge in [0.15, 0.2) is 5.69 Å². The Kier molecular flexibility index (Phi) is 6.73. The van der Waals surface area contributed by atoms with Crippen molar-refractivity contribution < 1.29 is 9.59 Å². The number of carbonyl (C=O) groups excluding carboxylic acids is 2. The third kappa shape index (κ3) is 5.75. The van der Waals surface area contributed by atoms with Gasteiger partial charge in [-0.05, 0) is 24.0 Å². The van der Waals surface area contributed by atoms with E-state index in [0.717, 1.165) is 18.4 Å². The summed E-state index contributed by atoms with van der Waals surface area (Å²) in [6.07, 6.45) is 3.09. The second kappa shape index (κ2) is 9.64. The molecule has 2 aromatic carbocycles. The van der Waals surface area contributed by atoms with Gasteiger partial charge in [0.05, 0.1) is 12.2 Å². The second-order valence-corrected chi connectivity index (χ2v) is 7.05. The Hall–Kier alpha value is -3.48. The summed E-state index contributed by atoms with van der Waals surface area (Å²) in [6, 6.07) is 19.9. The summed E-state index contributed by atoms with van der Waals surface area (Å²) in [4.78, 5) is 26.0. The SMILES string of the molecule is CN(C)C(=O)Cn1cc(C(=O)NC(CCc2ccccc2)c2ccccc2)nn1. The fourth-order valence-electron chi connectivity index (χ4n) is 2.96. The number of aryl methyl sites for hydroxylation is 1. The molecule has 0 saturated carbocycles. The van der Waals surface area contributed by atoms with E-state index in [4.69, 9.17) is 0 Å². The predicted molar refractivity (Wildman–Crippen MR) is 110 cm³/mol. The zero-order valence-corrected chi connectivity index (χ0v) is 16.7. The average molecular weight is 391 g/mol. The van der Waals surface area contributed by atoms with Crippen molar-refractivity contribution in [3.63, 3.8) is 0 Å². The molecule has 3 rings (SSSR count). The van der Waals surface area contributed by atoms with Crippen LogP contribution in [0.5, 0.6) is 0 Å². The summed E-state index contributed by atoms with van der Waals surface area (Å²) < 4.78 is 1.37. The number of benzene rings is 2. The van der Waals surface area contributed by atoms with Crippen LogP contribution in [0.1, 0.15) is 34.1 Å². The topological polar surface area (TPSA) is 80.1 Å². The van der Waals surface area contributed by atoms with Crippen LogP contribution in [0, 0.1) is 0 Å². The monoisotopic (exact) mass is 391 g/mol. The minimum absolute atomic E-state index is 0.0450. The Balaban J connectivity index is 1.69. The van der Waals surface area contributed by atoms with Crippen molar-refractivity contribution in [2.24, 2.45) is 0 Å². The van der Waals surface area contributed by atoms with E-state index in [1.165, 1.54) is 21.3 Å². The van der Waals surface area contributed by atoms with Crippen molar-refractivity contribution in [3.05, 3.63) is 83.7 Å². The van der Waals surface area contributed by atoms with Crippen molar-refractivity contribution in [3.8, 4) is 0 Å². The number of carbonyl (C=O) groups is 2. The highest BCUT2D eigenvalue weighted by Crippen LogP contribution is 2.20. The molecule has 7 heteroatoms. The fraction of sp³-hybridized carbons (Fsp3) is 0.273. The van der Waals surface area contributed by atoms with Gasteiger partial charge in [-0.2, -0.15) is 0 Å². The quantitative estimate of drug-likeness (QED) is 0.640. The van der Waals surface area contributed by atoms with Crippen molar-refractivity contribution in [1.29, 1.82) is 0 Å². The van der Waals surface area contributed by atoms with Crippen LogP contribution in [0.4, 0.5) is 0 Å². The number of hydrogen-bond donors (Lipinski definition) is 1. The van der Waals surface area contributed by atoms with E-state index in [2.05, 4.69) is 27.8 Å². The average Bonchev–Trinajstić information content (AvgIpc) is 3.21. The van der Waals surface area contributed by atoms with E-state index in [9.17, 15) is 9.59 Å². The van der Waals surface area contributed by atoms with Gasteiger partial charge in [0.2, 0.25) is 5.91 Å². The van der Waals surface area contributed by atoms with E-state index in [0.29, 0.717) is 0 Å². The first-order valence-corrected chi connectivity index (χ1v) is 9.53. The Morgan fingerprint density at radius 1 is 1.03 bits per heavy atom. The lowest BCUT2D eigenvalue weighted by molar-refractivity contribution is -0.129. The molecule has 1 aromatic heterocycles. The van der Waals surface area contributed by atoms with Crippen molar-refractivity contribution in [2.75, 3.05) is 14.1 Å². The van der Waals surface area contributed by atoms with Gasteiger partial charge in [0.1, 0.15) is 6.54 Å². The summed E-state index contributed by atoms with van der Waals surface area (Å²) in [5, 5.41) is 10.9. The number of aromatic nitrogens is 3. The van der Waals surface area contributed by atoms with Crippen molar-refractivity contribution in [1.82, 2.24) is 25.2 Å². The first-order chi connectivity index (χ1) is 14.0. The molecule has 7 nitrogen and oxygen atoms in total. The molecular weight excluding hydrogens is 366 g/mol. The maximum absolute atomic E-state index is 12.8. The molecule has 0 bridgehead atoms. The van der Waals surface area contributed by atoms with Gasteiger partial charge in [-0.15, -0.1) is 5.10 Å². The molecule has 1 unspecified atom stereocenters. The van der Waals surface area contributed by atoms with Crippen LogP contribution >= 0.6 is 0 Å². The van der Waals surface area contributed by atoms with Gasteiger partial charge in [0.25, 0.3) is 5.91 Å². The molecule has 1 N–H and O–H groups in total. The van der Waals surface area contributed by atoms with Crippen molar-refractivity contribution in [2.45, 2.75) is 25.4 Å². The Morgan fingerprint density at radius 2 is 1.69 bits per heavy atom. The van der Waals surface area contributed by atoms with Crippen LogP contribution < -0.4 is 5.32 Å². The normalized spacial score (nSPS) is 11.7. The third-order valence-corrected chi connectivity index (χ3v) is 4.64. The smallest absolute Gasteiger partial charge is 0.273 e. The standard InChI is InChI=1S/C22H25N5O2/c1-26(2)21(28)16-27-15-20(24-25-27)22(29)23-19(18-11-7-4-8-12-18)14-13-17-9-5-3-6-10-17/h3-12,15,19H,13-14,16H2,1-2H3,(H,23,29). The molecule has 1 heterocycles. The Morgan fingerprint density at radius 3 is 2.34 bits per heavy atom. The predicted octanol–water partition coefficient (Wildman–Crippen LogP) is 2.47. The summed E-state index contributed by atoms with van der Waals surface area (Å²) in [6.45, 7) is 0.0450. The van der Waals surface area contributed by atoms with Crippen LogP contribution in [-0.2, 0) is 17.8 Å². The van der Waals surface area contributed by atoms with Crippen LogP contribution in [0.15, 0.2) is 66.9 Å². The lowest BCUT2D eigenvalue weighted by atomic mass is 9.99. The van der Waals surface area contributed by atoms with Gasteiger partial charge in [0, 0.05) is 14.1 Å². The van der Waals surface area contributed by atoms with Gasteiger partial charge in [-0.1, -0.05) is 65.9 Å². The van der Waals surface area contributed by atoms with Gasteiger partial charge >= 0.3 is 0 Å². The zero-order valence-electron chi connectivity index (χ0n) is 16.7. The zero-order chi connectivity index (χ0) is 20.6. The molecule has 0 aliphatic carbocycles. The highest BCUT2D eigenvalue weighted by molar-refractivity contribution is 5.92. The highest BCUT2D eigenvalue weighted by Gasteiger charge is 2.19. The molecule has 0 saturated heterocycles. The fourth-order valence-corrected chi connectivity index (χ4v) is 2.96. The van der Waals surface area contributed by atoms with Gasteiger partial charge in [-0.25, -0.2) is 4.68 Å². The molecular formula is C22H25N5O2. The molecule has 150 valence electrons. The van der Waals surface area contributed by atoms with E-state index in [1.54, 1.807) is 14.1 Å².